The summed E-state index contributed by atoms with van der Waals surface area (Å²) in [6.07, 6.45) is 8.31. The lowest BCUT2D eigenvalue weighted by Crippen LogP contribution is -2.48. The van der Waals surface area contributed by atoms with Gasteiger partial charge in [0.05, 0.1) is 0 Å². The third-order valence-electron chi connectivity index (χ3n) is 5.46. The first-order valence-corrected chi connectivity index (χ1v) is 8.45. The quantitative estimate of drug-likeness (QED) is 0.772. The van der Waals surface area contributed by atoms with E-state index in [2.05, 4.69) is 22.5 Å². The van der Waals surface area contributed by atoms with Crippen LogP contribution < -0.4 is 10.6 Å². The molecule has 3 rings (SSSR count). The molecule has 0 radical (unpaired) electrons. The van der Waals surface area contributed by atoms with Crippen LogP contribution in [0.1, 0.15) is 45.4 Å². The number of hydrogen-bond acceptors (Lipinski definition) is 2. The van der Waals surface area contributed by atoms with Crippen LogP contribution in [0.25, 0.3) is 0 Å². The van der Waals surface area contributed by atoms with E-state index in [0.29, 0.717) is 12.1 Å². The van der Waals surface area contributed by atoms with E-state index in [1.54, 1.807) is 0 Å². The molecule has 0 aromatic carbocycles. The van der Waals surface area contributed by atoms with Crippen LogP contribution in [-0.4, -0.2) is 41.7 Å². The number of rotatable bonds is 4. The maximum absolute atomic E-state index is 5.48. The first-order valence-electron chi connectivity index (χ1n) is 8.04. The van der Waals surface area contributed by atoms with E-state index >= 15 is 0 Å². The Hall–Kier alpha value is -0.350. The van der Waals surface area contributed by atoms with E-state index in [9.17, 15) is 0 Å². The number of nitrogens with zero attached hydrogens (tertiary/aromatic N) is 1. The van der Waals surface area contributed by atoms with E-state index in [-0.39, 0.29) is 0 Å². The Morgan fingerprint density at radius 1 is 1.26 bits per heavy atom. The zero-order chi connectivity index (χ0) is 13.2. The highest BCUT2D eigenvalue weighted by molar-refractivity contribution is 7.80. The highest BCUT2D eigenvalue weighted by Crippen LogP contribution is 2.44. The fraction of sp³-hybridized carbons (Fsp3) is 0.933. The van der Waals surface area contributed by atoms with Crippen LogP contribution >= 0.6 is 12.2 Å². The van der Waals surface area contributed by atoms with Gasteiger partial charge >= 0.3 is 0 Å². The third-order valence-corrected chi connectivity index (χ3v) is 5.72. The van der Waals surface area contributed by atoms with Crippen molar-refractivity contribution in [3.63, 3.8) is 0 Å². The van der Waals surface area contributed by atoms with Crippen molar-refractivity contribution < 1.29 is 0 Å². The summed E-state index contributed by atoms with van der Waals surface area (Å²) in [5.41, 5.74) is 0. The van der Waals surface area contributed by atoms with Gasteiger partial charge < -0.3 is 10.6 Å². The summed E-state index contributed by atoms with van der Waals surface area (Å²) in [4.78, 5) is 2.56. The molecule has 3 nitrogen and oxygen atoms in total. The summed E-state index contributed by atoms with van der Waals surface area (Å²) < 4.78 is 0. The van der Waals surface area contributed by atoms with E-state index in [0.717, 1.165) is 23.5 Å². The molecule has 0 aromatic rings. The molecule has 1 aliphatic heterocycles. The SMILES string of the molecule is CCN1CCC[C@@H]1CNC(=S)N[C@H]1C[C@H]2CC[C@H]1C2. The molecule has 4 atom stereocenters. The van der Waals surface area contributed by atoms with E-state index in [1.807, 2.05) is 0 Å². The second-order valence-electron chi connectivity index (χ2n) is 6.56. The van der Waals surface area contributed by atoms with Gasteiger partial charge in [0, 0.05) is 18.6 Å². The number of likely N-dealkylation sites (N-methyl/N-ethyl adjacent to an activating group) is 1. The lowest BCUT2D eigenvalue weighted by Gasteiger charge is -2.27. The van der Waals surface area contributed by atoms with Crippen LogP contribution in [-0.2, 0) is 0 Å². The largest absolute Gasteiger partial charge is 0.361 e. The Bertz CT molecular complexity index is 333. The van der Waals surface area contributed by atoms with Gasteiger partial charge in [-0.1, -0.05) is 13.3 Å². The van der Waals surface area contributed by atoms with Crippen molar-refractivity contribution in [2.45, 2.75) is 57.5 Å². The smallest absolute Gasteiger partial charge is 0.166 e. The molecule has 108 valence electrons. The Labute approximate surface area is 122 Å². The Kier molecular flexibility index (Phi) is 4.27. The van der Waals surface area contributed by atoms with Crippen LogP contribution in [0.15, 0.2) is 0 Å². The molecule has 2 bridgehead atoms. The average molecular weight is 281 g/mol. The van der Waals surface area contributed by atoms with Gasteiger partial charge in [0.15, 0.2) is 5.11 Å². The summed E-state index contributed by atoms with van der Waals surface area (Å²) in [6, 6.07) is 1.34. The fourth-order valence-corrected chi connectivity index (χ4v) is 4.63. The molecule has 3 aliphatic rings. The molecule has 0 amide bonds. The molecule has 4 heteroatoms. The molecular formula is C15H27N3S. The fourth-order valence-electron chi connectivity index (χ4n) is 4.39. The minimum atomic E-state index is 0.657. The van der Waals surface area contributed by atoms with E-state index in [1.165, 1.54) is 51.6 Å². The predicted molar refractivity (Wildman–Crippen MR) is 83.2 cm³/mol. The maximum Gasteiger partial charge on any atom is 0.166 e. The minimum absolute atomic E-state index is 0.657. The van der Waals surface area contributed by atoms with Gasteiger partial charge in [0.25, 0.3) is 0 Å². The molecule has 2 saturated carbocycles. The number of fused-ring (bicyclic) bond motifs is 2. The standard InChI is InChI=1S/C15H27N3S/c1-2-18-7-3-4-13(18)10-16-15(19)17-14-9-11-5-6-12(14)8-11/h11-14H,2-10H2,1H3,(H2,16,17,19)/t11-,12-,13+,14-/m0/s1. The summed E-state index contributed by atoms with van der Waals surface area (Å²) in [5, 5.41) is 7.91. The highest BCUT2D eigenvalue weighted by atomic mass is 32.1. The maximum atomic E-state index is 5.48. The molecule has 0 spiro atoms. The molecule has 2 N–H and O–H groups in total. The van der Waals surface area contributed by atoms with Crippen molar-refractivity contribution in [3.05, 3.63) is 0 Å². The van der Waals surface area contributed by atoms with Crippen molar-refractivity contribution in [3.8, 4) is 0 Å². The number of hydrogen-bond donors (Lipinski definition) is 2. The molecule has 19 heavy (non-hydrogen) atoms. The Balaban J connectivity index is 1.39. The molecule has 2 aliphatic carbocycles. The molecule has 1 saturated heterocycles. The van der Waals surface area contributed by atoms with Crippen LogP contribution in [0.5, 0.6) is 0 Å². The predicted octanol–water partition coefficient (Wildman–Crippen LogP) is 2.12. The van der Waals surface area contributed by atoms with Crippen LogP contribution in [0.3, 0.4) is 0 Å². The Morgan fingerprint density at radius 2 is 2.16 bits per heavy atom. The number of nitrogens with one attached hydrogen (secondary N) is 2. The van der Waals surface area contributed by atoms with Crippen molar-refractivity contribution >= 4 is 17.3 Å². The zero-order valence-electron chi connectivity index (χ0n) is 12.0. The topological polar surface area (TPSA) is 27.3 Å². The first-order chi connectivity index (χ1) is 9.26. The third kappa shape index (κ3) is 3.05. The Morgan fingerprint density at radius 3 is 2.84 bits per heavy atom. The van der Waals surface area contributed by atoms with Gasteiger partial charge in [-0.15, -0.1) is 0 Å². The summed E-state index contributed by atoms with van der Waals surface area (Å²) in [6.45, 7) is 5.69. The monoisotopic (exact) mass is 281 g/mol. The molecule has 3 fully saturated rings. The minimum Gasteiger partial charge on any atom is -0.361 e. The van der Waals surface area contributed by atoms with E-state index in [4.69, 9.17) is 12.2 Å². The van der Waals surface area contributed by atoms with Gasteiger partial charge in [0.2, 0.25) is 0 Å². The van der Waals surface area contributed by atoms with Crippen LogP contribution in [0.2, 0.25) is 0 Å². The second-order valence-corrected chi connectivity index (χ2v) is 6.97. The van der Waals surface area contributed by atoms with Crippen LogP contribution in [0, 0.1) is 11.8 Å². The average Bonchev–Trinajstić information content (AvgIpc) is 3.11. The van der Waals surface area contributed by atoms with Gasteiger partial charge in [0.1, 0.15) is 0 Å². The number of thiocarbonyl (C=S) groups is 1. The molecular weight excluding hydrogens is 254 g/mol. The summed E-state index contributed by atoms with van der Waals surface area (Å²) in [7, 11) is 0. The number of likely N-dealkylation sites (tertiary alicyclic amines) is 1. The summed E-state index contributed by atoms with van der Waals surface area (Å²) >= 11 is 5.48. The lowest BCUT2D eigenvalue weighted by molar-refractivity contribution is 0.267. The first kappa shape index (κ1) is 13.6. The van der Waals surface area contributed by atoms with E-state index < -0.39 is 0 Å². The normalized spacial score (nSPS) is 37.7. The van der Waals surface area contributed by atoms with Gasteiger partial charge in [-0.2, -0.15) is 0 Å². The van der Waals surface area contributed by atoms with Gasteiger partial charge in [-0.05, 0) is 69.2 Å². The highest BCUT2D eigenvalue weighted by Gasteiger charge is 2.39. The van der Waals surface area contributed by atoms with Crippen molar-refractivity contribution in [2.24, 2.45) is 11.8 Å². The molecule has 1 heterocycles. The second kappa shape index (κ2) is 5.96. The van der Waals surface area contributed by atoms with Crippen molar-refractivity contribution in [1.29, 1.82) is 0 Å². The van der Waals surface area contributed by atoms with Gasteiger partial charge in [-0.3, -0.25) is 4.90 Å². The molecule has 0 unspecified atom stereocenters. The molecule has 0 aromatic heterocycles. The van der Waals surface area contributed by atoms with Crippen molar-refractivity contribution in [2.75, 3.05) is 19.6 Å². The van der Waals surface area contributed by atoms with Gasteiger partial charge in [-0.25, -0.2) is 0 Å². The van der Waals surface area contributed by atoms with Crippen molar-refractivity contribution in [1.82, 2.24) is 15.5 Å². The summed E-state index contributed by atoms with van der Waals surface area (Å²) in [5.74, 6) is 1.87. The zero-order valence-corrected chi connectivity index (χ0v) is 12.8. The lowest BCUT2D eigenvalue weighted by atomic mass is 9.96. The van der Waals surface area contributed by atoms with Crippen LogP contribution in [0.4, 0.5) is 0 Å².